The Morgan fingerprint density at radius 3 is 2.58 bits per heavy atom. The number of allylic oxidation sites excluding steroid dienone is 4. The zero-order valence-corrected chi connectivity index (χ0v) is 20.8. The van der Waals surface area contributed by atoms with E-state index in [1.807, 2.05) is 6.08 Å². The molecule has 1 heterocycles. The lowest BCUT2D eigenvalue weighted by Crippen LogP contribution is -2.51. The lowest BCUT2D eigenvalue weighted by atomic mass is 9.50. The van der Waals surface area contributed by atoms with Gasteiger partial charge in [-0.25, -0.2) is 0 Å². The van der Waals surface area contributed by atoms with Gasteiger partial charge in [-0.2, -0.15) is 0 Å². The Hall–Kier alpha value is -1.87. The molecule has 3 nitrogen and oxygen atoms in total. The molecule has 1 aromatic rings. The average Bonchev–Trinajstić information content (AvgIpc) is 3.39. The first kappa shape index (κ1) is 21.6. The third-order valence-electron chi connectivity index (χ3n) is 10.3. The van der Waals surface area contributed by atoms with Crippen LogP contribution in [0.1, 0.15) is 76.7 Å². The topological polar surface area (TPSA) is 29.5 Å². The average molecular weight is 446 g/mol. The van der Waals surface area contributed by atoms with Crippen LogP contribution in [0.3, 0.4) is 0 Å². The Morgan fingerprint density at radius 1 is 1.09 bits per heavy atom. The van der Waals surface area contributed by atoms with Gasteiger partial charge >= 0.3 is 0 Å². The molecule has 1 aromatic carbocycles. The lowest BCUT2D eigenvalue weighted by molar-refractivity contribution is -0.115. The summed E-state index contributed by atoms with van der Waals surface area (Å²) in [5.41, 5.74) is 7.63. The summed E-state index contributed by atoms with van der Waals surface area (Å²) in [6.07, 6.45) is 11.0. The third kappa shape index (κ3) is 3.07. The summed E-state index contributed by atoms with van der Waals surface area (Å²) in [6.45, 7) is 5.89. The van der Waals surface area contributed by atoms with Crippen molar-refractivity contribution in [2.24, 2.45) is 23.2 Å². The van der Waals surface area contributed by atoms with Crippen LogP contribution in [0.25, 0.3) is 0 Å². The van der Waals surface area contributed by atoms with Crippen LogP contribution in [0.15, 0.2) is 47.1 Å². The number of nitrogens with zero attached hydrogens (tertiary/aromatic N) is 1. The molecule has 1 unspecified atom stereocenters. The summed E-state index contributed by atoms with van der Waals surface area (Å²) in [6, 6.07) is 9.32. The summed E-state index contributed by atoms with van der Waals surface area (Å²) in [5, 5.41) is 0. The Bertz CT molecular complexity index is 1030. The molecule has 6 rings (SSSR count). The van der Waals surface area contributed by atoms with Crippen molar-refractivity contribution in [2.75, 3.05) is 25.6 Å². The predicted molar refractivity (Wildman–Crippen MR) is 133 cm³/mol. The number of fused-ring (bicyclic) bond motifs is 5. The monoisotopic (exact) mass is 445 g/mol. The molecule has 1 saturated heterocycles. The first-order valence-electron chi connectivity index (χ1n) is 13.2. The molecule has 0 radical (unpaired) electrons. The summed E-state index contributed by atoms with van der Waals surface area (Å²) in [5.74, 6) is 2.58. The highest BCUT2D eigenvalue weighted by molar-refractivity contribution is 5.93. The van der Waals surface area contributed by atoms with E-state index in [0.717, 1.165) is 13.0 Å². The van der Waals surface area contributed by atoms with E-state index in [9.17, 15) is 4.79 Å². The Labute approximate surface area is 199 Å². The van der Waals surface area contributed by atoms with E-state index in [1.54, 1.807) is 11.1 Å². The fourth-order valence-electron chi connectivity index (χ4n) is 8.68. The van der Waals surface area contributed by atoms with Crippen molar-refractivity contribution in [3.63, 3.8) is 0 Å². The fraction of sp³-hybridized carbons (Fsp3) is 0.633. The third-order valence-corrected chi connectivity index (χ3v) is 10.3. The number of hydrogen-bond acceptors (Lipinski definition) is 3. The van der Waals surface area contributed by atoms with Gasteiger partial charge in [-0.05, 0) is 97.6 Å². The Kier molecular flexibility index (Phi) is 4.96. The van der Waals surface area contributed by atoms with Gasteiger partial charge in [-0.1, -0.05) is 31.6 Å². The number of rotatable bonds is 2. The Morgan fingerprint density at radius 2 is 1.88 bits per heavy atom. The lowest BCUT2D eigenvalue weighted by Gasteiger charge is -2.56. The summed E-state index contributed by atoms with van der Waals surface area (Å²) >= 11 is 0. The minimum absolute atomic E-state index is 0.0809. The molecule has 0 N–H and O–H groups in total. The van der Waals surface area contributed by atoms with E-state index in [2.05, 4.69) is 57.1 Å². The van der Waals surface area contributed by atoms with Gasteiger partial charge < -0.3 is 9.64 Å². The second-order valence-electron chi connectivity index (χ2n) is 12.0. The zero-order chi connectivity index (χ0) is 23.0. The summed E-state index contributed by atoms with van der Waals surface area (Å²) in [7, 11) is 4.22. The molecule has 0 aromatic heterocycles. The molecule has 3 fully saturated rings. The van der Waals surface area contributed by atoms with Crippen molar-refractivity contribution >= 4 is 11.5 Å². The highest BCUT2D eigenvalue weighted by Crippen LogP contribution is 2.69. The summed E-state index contributed by atoms with van der Waals surface area (Å²) in [4.78, 5) is 14.5. The molecule has 1 aliphatic heterocycles. The number of anilines is 1. The fourth-order valence-corrected chi connectivity index (χ4v) is 8.68. The van der Waals surface area contributed by atoms with Crippen LogP contribution in [0.5, 0.6) is 0 Å². The van der Waals surface area contributed by atoms with Gasteiger partial charge in [0.1, 0.15) is 0 Å². The maximum absolute atomic E-state index is 12.4. The number of hydrogen-bond donors (Lipinski definition) is 0. The first-order chi connectivity index (χ1) is 15.8. The molecule has 0 amide bonds. The molecular weight excluding hydrogens is 406 g/mol. The maximum atomic E-state index is 12.4. The highest BCUT2D eigenvalue weighted by Gasteiger charge is 2.64. The second-order valence-corrected chi connectivity index (χ2v) is 12.0. The summed E-state index contributed by atoms with van der Waals surface area (Å²) < 4.78 is 6.66. The maximum Gasteiger partial charge on any atom is 0.156 e. The number of carbonyl (C=O) groups excluding carboxylic acids is 1. The van der Waals surface area contributed by atoms with Crippen LogP contribution < -0.4 is 4.90 Å². The van der Waals surface area contributed by atoms with E-state index in [0.29, 0.717) is 35.9 Å². The van der Waals surface area contributed by atoms with Crippen molar-refractivity contribution in [1.82, 2.24) is 0 Å². The van der Waals surface area contributed by atoms with Gasteiger partial charge in [-0.15, -0.1) is 0 Å². The quantitative estimate of drug-likeness (QED) is 0.524. The number of carbonyl (C=O) groups is 1. The molecule has 176 valence electrons. The van der Waals surface area contributed by atoms with Crippen LogP contribution in [0.4, 0.5) is 5.69 Å². The molecule has 3 heteroatoms. The standard InChI is InChI=1S/C30H39NO2/c1-19-16-25-27-12-14-30(13-5-15-33-30)29(27,2)18-26(20-6-8-21(9-7-20)31(3)4)28(25)23-11-10-22(32)17-24(19)23/h6-9,17,19,25-27H,5,10-16,18H2,1-4H3/t19-,25+,26-,27+,29+,30?/m1/s1. The molecule has 6 atom stereocenters. The number of ether oxygens (including phenoxy) is 1. The first-order valence-corrected chi connectivity index (χ1v) is 13.2. The van der Waals surface area contributed by atoms with Gasteiger partial charge in [0.25, 0.3) is 0 Å². The molecule has 2 saturated carbocycles. The molecule has 33 heavy (non-hydrogen) atoms. The predicted octanol–water partition coefficient (Wildman–Crippen LogP) is 6.45. The molecular formula is C30H39NO2. The van der Waals surface area contributed by atoms with Gasteiger partial charge in [0.15, 0.2) is 5.78 Å². The van der Waals surface area contributed by atoms with Crippen molar-refractivity contribution < 1.29 is 9.53 Å². The molecule has 4 aliphatic carbocycles. The molecule has 0 bridgehead atoms. The van der Waals surface area contributed by atoms with E-state index < -0.39 is 0 Å². The molecule has 5 aliphatic rings. The van der Waals surface area contributed by atoms with E-state index in [-0.39, 0.29) is 11.0 Å². The van der Waals surface area contributed by atoms with Crippen LogP contribution in [-0.2, 0) is 9.53 Å². The van der Waals surface area contributed by atoms with Crippen molar-refractivity contribution in [3.8, 4) is 0 Å². The second kappa shape index (κ2) is 7.57. The highest BCUT2D eigenvalue weighted by atomic mass is 16.5. The zero-order valence-electron chi connectivity index (χ0n) is 20.8. The normalized spacial score (nSPS) is 39.9. The number of ketones is 1. The molecule has 1 spiro atoms. The van der Waals surface area contributed by atoms with E-state index >= 15 is 0 Å². The van der Waals surface area contributed by atoms with Gasteiger partial charge in [0, 0.05) is 44.1 Å². The van der Waals surface area contributed by atoms with Crippen LogP contribution in [0, 0.1) is 23.2 Å². The van der Waals surface area contributed by atoms with Gasteiger partial charge in [0.2, 0.25) is 0 Å². The largest absolute Gasteiger partial charge is 0.378 e. The minimum atomic E-state index is 0.0809. The van der Waals surface area contributed by atoms with Crippen molar-refractivity contribution in [3.05, 3.63) is 52.6 Å². The minimum Gasteiger partial charge on any atom is -0.378 e. The smallest absolute Gasteiger partial charge is 0.156 e. The Balaban J connectivity index is 1.51. The SMILES string of the molecule is C[C@@H]1C[C@@H]2C(=C3CCC(=O)C=C31)[C@@H](c1ccc(N(C)C)cc1)C[C@@]1(C)[C@H]2CCC12CCCO2. The van der Waals surface area contributed by atoms with Gasteiger partial charge in [-0.3, -0.25) is 4.79 Å². The van der Waals surface area contributed by atoms with E-state index in [1.165, 1.54) is 55.3 Å². The number of benzene rings is 1. The van der Waals surface area contributed by atoms with Crippen LogP contribution >= 0.6 is 0 Å². The van der Waals surface area contributed by atoms with Gasteiger partial charge in [0.05, 0.1) is 5.60 Å². The van der Waals surface area contributed by atoms with Crippen LogP contribution in [0.2, 0.25) is 0 Å². The van der Waals surface area contributed by atoms with Crippen molar-refractivity contribution in [1.29, 1.82) is 0 Å². The van der Waals surface area contributed by atoms with Crippen molar-refractivity contribution in [2.45, 2.75) is 76.7 Å². The van der Waals surface area contributed by atoms with Crippen LogP contribution in [-0.4, -0.2) is 32.1 Å². The van der Waals surface area contributed by atoms with E-state index in [4.69, 9.17) is 4.74 Å².